The van der Waals surface area contributed by atoms with E-state index in [4.69, 9.17) is 18.5 Å². The molecule has 318 valence electrons. The molecule has 2 atom stereocenters. The average molecular weight is 795 g/mol. The molecule has 0 saturated carbocycles. The molecule has 0 aromatic rings. The summed E-state index contributed by atoms with van der Waals surface area (Å²) in [6.45, 7) is 4.29. The fourth-order valence-corrected chi connectivity index (χ4v) is 6.09. The van der Waals surface area contributed by atoms with E-state index < -0.39 is 32.5 Å². The molecule has 0 fully saturated rings. The molecule has 9 nitrogen and oxygen atoms in total. The van der Waals surface area contributed by atoms with Gasteiger partial charge in [0.2, 0.25) is 0 Å². The van der Waals surface area contributed by atoms with E-state index in [0.717, 1.165) is 57.8 Å². The second-order valence-electron chi connectivity index (χ2n) is 15.4. The van der Waals surface area contributed by atoms with Gasteiger partial charge in [0, 0.05) is 12.8 Å². The zero-order chi connectivity index (χ0) is 40.7. The van der Waals surface area contributed by atoms with Crippen LogP contribution in [-0.4, -0.2) is 74.9 Å². The molecule has 10 heteroatoms. The van der Waals surface area contributed by atoms with Gasteiger partial charge >= 0.3 is 19.8 Å². The molecule has 0 radical (unpaired) electrons. The summed E-state index contributed by atoms with van der Waals surface area (Å²) in [5.41, 5.74) is 0. The van der Waals surface area contributed by atoms with E-state index in [1.54, 1.807) is 0 Å². The minimum atomic E-state index is -4.39. The van der Waals surface area contributed by atoms with Crippen molar-refractivity contribution in [3.05, 3.63) is 60.8 Å². The molecule has 0 saturated heterocycles. The Bertz CT molecular complexity index is 1120. The number of hydrogen-bond donors (Lipinski definition) is 1. The van der Waals surface area contributed by atoms with Crippen molar-refractivity contribution in [2.24, 2.45) is 0 Å². The van der Waals surface area contributed by atoms with Crippen molar-refractivity contribution < 1.29 is 42.1 Å². The number of carbonyl (C=O) groups excluding carboxylic acids is 2. The maximum absolute atomic E-state index is 12.7. The van der Waals surface area contributed by atoms with Crippen LogP contribution in [0.3, 0.4) is 0 Å². The van der Waals surface area contributed by atoms with Gasteiger partial charge in [-0.2, -0.15) is 0 Å². The Morgan fingerprint density at radius 1 is 0.564 bits per heavy atom. The van der Waals surface area contributed by atoms with Gasteiger partial charge in [0.05, 0.1) is 27.7 Å². The molecule has 0 amide bonds. The second kappa shape index (κ2) is 37.3. The minimum absolute atomic E-state index is 0.0180. The van der Waals surface area contributed by atoms with Gasteiger partial charge < -0.3 is 18.9 Å². The predicted octanol–water partition coefficient (Wildman–Crippen LogP) is 12.1. The number of esters is 2. The van der Waals surface area contributed by atoms with Crippen LogP contribution in [0.25, 0.3) is 0 Å². The first-order valence-electron chi connectivity index (χ1n) is 21.5. The highest BCUT2D eigenvalue weighted by atomic mass is 31.2. The number of nitrogens with zero attached hydrogens (tertiary/aromatic N) is 1. The third-order valence-electron chi connectivity index (χ3n) is 8.77. The van der Waals surface area contributed by atoms with Gasteiger partial charge in [0.1, 0.15) is 19.8 Å². The number of unbranched alkanes of at least 4 members (excludes halogenated alkanes) is 14. The van der Waals surface area contributed by atoms with E-state index >= 15 is 0 Å². The first kappa shape index (κ1) is 52.7. The molecular formula is C45H81NO8P+. The normalized spacial score (nSPS) is 14.2. The Labute approximate surface area is 336 Å². The molecule has 0 spiro atoms. The van der Waals surface area contributed by atoms with Gasteiger partial charge in [0.15, 0.2) is 6.10 Å². The van der Waals surface area contributed by atoms with Crippen LogP contribution in [-0.2, 0) is 32.7 Å². The third kappa shape index (κ3) is 41.2. The molecular weight excluding hydrogens is 713 g/mol. The molecule has 0 heterocycles. The summed E-state index contributed by atoms with van der Waals surface area (Å²) in [5, 5.41) is 0. The Morgan fingerprint density at radius 3 is 1.56 bits per heavy atom. The molecule has 1 unspecified atom stereocenters. The molecule has 0 aromatic carbocycles. The van der Waals surface area contributed by atoms with Crippen LogP contribution in [0.4, 0.5) is 0 Å². The van der Waals surface area contributed by atoms with E-state index in [0.29, 0.717) is 23.9 Å². The molecule has 0 bridgehead atoms. The molecule has 0 aliphatic rings. The van der Waals surface area contributed by atoms with Gasteiger partial charge in [-0.3, -0.25) is 18.6 Å². The SMILES string of the molecule is CCCCC/C=C\C/C=C\C/C=C\C/C=C\CCCC(=O)O[C@H](COC(=O)CCCCCCC/C=C\CCCCCCC)COP(=O)(O)OCC[N+](C)(C)C. The number of allylic oxidation sites excluding steroid dienone is 10. The lowest BCUT2D eigenvalue weighted by Gasteiger charge is -2.24. The maximum Gasteiger partial charge on any atom is 0.472 e. The summed E-state index contributed by atoms with van der Waals surface area (Å²) in [5.74, 6) is -0.879. The summed E-state index contributed by atoms with van der Waals surface area (Å²) in [6.07, 6.45) is 44.2. The third-order valence-corrected chi connectivity index (χ3v) is 9.75. The smallest absolute Gasteiger partial charge is 0.462 e. The molecule has 1 N–H and O–H groups in total. The number of ether oxygens (including phenoxy) is 2. The predicted molar refractivity (Wildman–Crippen MR) is 229 cm³/mol. The van der Waals surface area contributed by atoms with Gasteiger partial charge in [-0.25, -0.2) is 4.57 Å². The molecule has 55 heavy (non-hydrogen) atoms. The number of hydrogen-bond acceptors (Lipinski definition) is 7. The highest BCUT2D eigenvalue weighted by Gasteiger charge is 2.27. The summed E-state index contributed by atoms with van der Waals surface area (Å²) < 4.78 is 34.2. The van der Waals surface area contributed by atoms with Crippen LogP contribution in [0.2, 0.25) is 0 Å². The van der Waals surface area contributed by atoms with E-state index in [9.17, 15) is 19.0 Å². The van der Waals surface area contributed by atoms with E-state index in [1.165, 1.54) is 64.2 Å². The van der Waals surface area contributed by atoms with Crippen molar-refractivity contribution in [3.63, 3.8) is 0 Å². The molecule has 0 aliphatic carbocycles. The molecule has 0 rings (SSSR count). The number of rotatable bonds is 38. The Hall–Kier alpha value is -2.29. The Morgan fingerprint density at radius 2 is 1.00 bits per heavy atom. The second-order valence-corrected chi connectivity index (χ2v) is 16.8. The van der Waals surface area contributed by atoms with Gasteiger partial charge in [-0.1, -0.05) is 132 Å². The van der Waals surface area contributed by atoms with E-state index in [1.807, 2.05) is 27.2 Å². The summed E-state index contributed by atoms with van der Waals surface area (Å²) in [7, 11) is 1.43. The van der Waals surface area contributed by atoms with Crippen LogP contribution < -0.4 is 0 Å². The van der Waals surface area contributed by atoms with Crippen molar-refractivity contribution in [1.82, 2.24) is 0 Å². The number of phosphoric acid groups is 1. The largest absolute Gasteiger partial charge is 0.472 e. The fraction of sp³-hybridized carbons (Fsp3) is 0.733. The van der Waals surface area contributed by atoms with Crippen LogP contribution in [0.1, 0.15) is 162 Å². The van der Waals surface area contributed by atoms with E-state index in [2.05, 4.69) is 68.5 Å². The van der Waals surface area contributed by atoms with Crippen molar-refractivity contribution in [1.29, 1.82) is 0 Å². The number of likely N-dealkylation sites (N-methyl/N-ethyl adjacent to an activating group) is 1. The first-order chi connectivity index (χ1) is 26.5. The number of quaternary nitrogens is 1. The quantitative estimate of drug-likeness (QED) is 0.0216. The lowest BCUT2D eigenvalue weighted by atomic mass is 10.1. The summed E-state index contributed by atoms with van der Waals surface area (Å²) in [4.78, 5) is 35.3. The Kier molecular flexibility index (Phi) is 35.7. The average Bonchev–Trinajstić information content (AvgIpc) is 3.13. The number of carbonyl (C=O) groups is 2. The van der Waals surface area contributed by atoms with Gasteiger partial charge in [0.25, 0.3) is 0 Å². The first-order valence-corrected chi connectivity index (χ1v) is 23.0. The summed E-state index contributed by atoms with van der Waals surface area (Å²) in [6, 6.07) is 0. The van der Waals surface area contributed by atoms with Crippen molar-refractivity contribution in [2.75, 3.05) is 47.5 Å². The minimum Gasteiger partial charge on any atom is -0.462 e. The zero-order valence-electron chi connectivity index (χ0n) is 35.6. The standard InChI is InChI=1S/C45H80NO8P/c1-6-8-10-12-14-16-18-20-22-23-24-26-28-30-32-34-36-38-45(48)54-43(42-53-55(49,50)52-40-39-46(3,4)5)41-51-44(47)37-35-33-31-29-27-25-21-19-17-15-13-11-9-7-2/h14,16,19-22,24,26,30,32,43H,6-13,15,17-18,23,25,27-29,31,33-42H2,1-5H3/p+1/b16-14-,21-19-,22-20-,26-24-,32-30-/t43-/m1/s1. The lowest BCUT2D eigenvalue weighted by molar-refractivity contribution is -0.870. The monoisotopic (exact) mass is 795 g/mol. The van der Waals surface area contributed by atoms with Crippen molar-refractivity contribution in [2.45, 2.75) is 168 Å². The molecule has 0 aromatic heterocycles. The zero-order valence-corrected chi connectivity index (χ0v) is 36.5. The highest BCUT2D eigenvalue weighted by molar-refractivity contribution is 7.47. The molecule has 0 aliphatic heterocycles. The van der Waals surface area contributed by atoms with Crippen LogP contribution in [0.15, 0.2) is 60.8 Å². The lowest BCUT2D eigenvalue weighted by Crippen LogP contribution is -2.37. The van der Waals surface area contributed by atoms with Crippen molar-refractivity contribution in [3.8, 4) is 0 Å². The Balaban J connectivity index is 4.51. The maximum atomic E-state index is 12.7. The van der Waals surface area contributed by atoms with E-state index in [-0.39, 0.29) is 26.1 Å². The van der Waals surface area contributed by atoms with Crippen molar-refractivity contribution >= 4 is 19.8 Å². The fourth-order valence-electron chi connectivity index (χ4n) is 5.35. The van der Waals surface area contributed by atoms with Crippen LogP contribution in [0, 0.1) is 0 Å². The topological polar surface area (TPSA) is 108 Å². The highest BCUT2D eigenvalue weighted by Crippen LogP contribution is 2.43. The summed E-state index contributed by atoms with van der Waals surface area (Å²) >= 11 is 0. The number of phosphoric ester groups is 1. The van der Waals surface area contributed by atoms with Crippen LogP contribution >= 0.6 is 7.82 Å². The van der Waals surface area contributed by atoms with Gasteiger partial charge in [-0.15, -0.1) is 0 Å². The van der Waals surface area contributed by atoms with Gasteiger partial charge in [-0.05, 0) is 77.0 Å². The van der Waals surface area contributed by atoms with Crippen LogP contribution in [0.5, 0.6) is 0 Å².